The second kappa shape index (κ2) is 9.24. The van der Waals surface area contributed by atoms with E-state index in [0.29, 0.717) is 30.3 Å². The minimum Gasteiger partial charge on any atom is -0.489 e. The number of nitrogens with zero attached hydrogens (tertiary/aromatic N) is 3. The van der Waals surface area contributed by atoms with Gasteiger partial charge in [-0.3, -0.25) is 4.40 Å². The van der Waals surface area contributed by atoms with Crippen LogP contribution in [0.2, 0.25) is 0 Å². The number of hydrogen-bond acceptors (Lipinski definition) is 5. The van der Waals surface area contributed by atoms with Gasteiger partial charge in [-0.2, -0.15) is 0 Å². The van der Waals surface area contributed by atoms with Crippen molar-refractivity contribution in [3.05, 3.63) is 78.4 Å². The summed E-state index contributed by atoms with van der Waals surface area (Å²) < 4.78 is 8.19. The Hall–Kier alpha value is -3.38. The van der Waals surface area contributed by atoms with Crippen LogP contribution >= 0.6 is 0 Å². The van der Waals surface area contributed by atoms with Gasteiger partial charge in [-0.05, 0) is 43.0 Å². The van der Waals surface area contributed by atoms with Crippen LogP contribution in [0, 0.1) is 5.92 Å². The highest BCUT2D eigenvalue weighted by Crippen LogP contribution is 2.43. The van der Waals surface area contributed by atoms with Crippen molar-refractivity contribution in [2.75, 3.05) is 12.3 Å². The molecule has 4 aromatic rings. The molecule has 0 atom stereocenters. The van der Waals surface area contributed by atoms with Crippen molar-refractivity contribution in [3.63, 3.8) is 0 Å². The van der Waals surface area contributed by atoms with Crippen molar-refractivity contribution in [1.82, 2.24) is 19.7 Å². The molecule has 0 amide bonds. The van der Waals surface area contributed by atoms with E-state index in [1.165, 1.54) is 0 Å². The maximum absolute atomic E-state index is 6.34. The fraction of sp³-hybridized carbons (Fsp3) is 0.333. The summed E-state index contributed by atoms with van der Waals surface area (Å²) in [6.07, 6.45) is 6.02. The van der Waals surface area contributed by atoms with Crippen molar-refractivity contribution in [1.29, 1.82) is 0 Å². The standard InChI is InChI=1S/C27H31N5O/c1-18(2)30-16-20-13-22(14-20)27-31-24(25-26(28)29-11-12-32(25)27)21-9-6-10-23(15-21)33-17-19-7-4-3-5-8-19/h3-12,15,18,20,22,30H,13-14,16-17H2,1-2H3,(H2,28,29). The molecule has 6 nitrogen and oxygen atoms in total. The van der Waals surface area contributed by atoms with Gasteiger partial charge in [-0.1, -0.05) is 56.3 Å². The van der Waals surface area contributed by atoms with E-state index in [1.807, 2.05) is 42.6 Å². The van der Waals surface area contributed by atoms with Gasteiger partial charge < -0.3 is 15.8 Å². The number of benzene rings is 2. The van der Waals surface area contributed by atoms with Crippen LogP contribution in [-0.2, 0) is 6.61 Å². The first kappa shape index (κ1) is 21.5. The summed E-state index contributed by atoms with van der Waals surface area (Å²) in [5.41, 5.74) is 10.2. The predicted octanol–water partition coefficient (Wildman–Crippen LogP) is 5.05. The SMILES string of the molecule is CC(C)NCC1CC(c2nc(-c3cccc(OCc4ccccc4)c3)c3c(N)nccn23)C1. The Morgan fingerprint density at radius 2 is 1.94 bits per heavy atom. The fourth-order valence-electron chi connectivity index (χ4n) is 4.57. The minimum absolute atomic E-state index is 0.435. The molecule has 1 aliphatic rings. The van der Waals surface area contributed by atoms with Crippen molar-refractivity contribution in [2.24, 2.45) is 5.92 Å². The molecule has 0 aliphatic heterocycles. The zero-order valence-corrected chi connectivity index (χ0v) is 19.2. The lowest BCUT2D eigenvalue weighted by Crippen LogP contribution is -2.35. The summed E-state index contributed by atoms with van der Waals surface area (Å²) in [5.74, 6) is 3.52. The predicted molar refractivity (Wildman–Crippen MR) is 132 cm³/mol. The minimum atomic E-state index is 0.435. The summed E-state index contributed by atoms with van der Waals surface area (Å²) in [4.78, 5) is 9.45. The van der Waals surface area contributed by atoms with E-state index in [-0.39, 0.29) is 0 Å². The van der Waals surface area contributed by atoms with Crippen LogP contribution in [0.5, 0.6) is 5.75 Å². The molecule has 0 saturated heterocycles. The first-order valence-corrected chi connectivity index (χ1v) is 11.7. The summed E-state index contributed by atoms with van der Waals surface area (Å²) >= 11 is 0. The quantitative estimate of drug-likeness (QED) is 0.400. The van der Waals surface area contributed by atoms with Crippen LogP contribution in [0.25, 0.3) is 16.8 Å². The van der Waals surface area contributed by atoms with Crippen LogP contribution in [0.1, 0.15) is 44.0 Å². The smallest absolute Gasteiger partial charge is 0.150 e. The first-order chi connectivity index (χ1) is 16.1. The molecule has 1 fully saturated rings. The number of aromatic nitrogens is 3. The molecule has 5 rings (SSSR count). The van der Waals surface area contributed by atoms with E-state index < -0.39 is 0 Å². The molecule has 2 aromatic heterocycles. The molecule has 0 unspecified atom stereocenters. The van der Waals surface area contributed by atoms with E-state index in [0.717, 1.165) is 53.3 Å². The third-order valence-electron chi connectivity index (χ3n) is 6.38. The molecule has 1 aliphatic carbocycles. The average Bonchev–Trinajstić information content (AvgIpc) is 3.18. The van der Waals surface area contributed by atoms with Crippen LogP contribution in [0.4, 0.5) is 5.82 Å². The highest BCUT2D eigenvalue weighted by Gasteiger charge is 2.34. The summed E-state index contributed by atoms with van der Waals surface area (Å²) in [6.45, 7) is 5.97. The zero-order valence-electron chi connectivity index (χ0n) is 19.2. The van der Waals surface area contributed by atoms with Crippen molar-refractivity contribution < 1.29 is 4.74 Å². The van der Waals surface area contributed by atoms with Gasteiger partial charge in [0.15, 0.2) is 0 Å². The Morgan fingerprint density at radius 3 is 2.73 bits per heavy atom. The number of hydrogen-bond donors (Lipinski definition) is 2. The van der Waals surface area contributed by atoms with E-state index in [4.69, 9.17) is 15.5 Å². The summed E-state index contributed by atoms with van der Waals surface area (Å²) in [7, 11) is 0. The van der Waals surface area contributed by atoms with Gasteiger partial charge in [0.05, 0.1) is 0 Å². The van der Waals surface area contributed by atoms with Gasteiger partial charge in [0.1, 0.15) is 35.2 Å². The molecule has 2 heterocycles. The molecule has 2 aromatic carbocycles. The third-order valence-corrected chi connectivity index (χ3v) is 6.38. The van der Waals surface area contributed by atoms with Crippen LogP contribution in [0.3, 0.4) is 0 Å². The lowest BCUT2D eigenvalue weighted by atomic mass is 9.74. The Bertz CT molecular complexity index is 1230. The van der Waals surface area contributed by atoms with Crippen LogP contribution in [0.15, 0.2) is 67.0 Å². The molecule has 33 heavy (non-hydrogen) atoms. The number of nitrogens with two attached hydrogens (primary N) is 1. The van der Waals surface area contributed by atoms with Gasteiger partial charge in [-0.25, -0.2) is 9.97 Å². The molecule has 1 saturated carbocycles. The van der Waals surface area contributed by atoms with E-state index >= 15 is 0 Å². The third kappa shape index (κ3) is 4.57. The van der Waals surface area contributed by atoms with Crippen LogP contribution in [-0.4, -0.2) is 27.0 Å². The van der Waals surface area contributed by atoms with Crippen molar-refractivity contribution >= 4 is 11.3 Å². The van der Waals surface area contributed by atoms with Gasteiger partial charge in [0.2, 0.25) is 0 Å². The highest BCUT2D eigenvalue weighted by molar-refractivity contribution is 5.85. The number of nitrogen functional groups attached to an aromatic ring is 1. The maximum atomic E-state index is 6.34. The fourth-order valence-corrected chi connectivity index (χ4v) is 4.57. The average molecular weight is 442 g/mol. The molecule has 6 heteroatoms. The Kier molecular flexibility index (Phi) is 6.01. The van der Waals surface area contributed by atoms with Gasteiger partial charge >= 0.3 is 0 Å². The van der Waals surface area contributed by atoms with E-state index in [9.17, 15) is 0 Å². The molecule has 0 spiro atoms. The van der Waals surface area contributed by atoms with Gasteiger partial charge in [0.25, 0.3) is 0 Å². The maximum Gasteiger partial charge on any atom is 0.150 e. The molecular weight excluding hydrogens is 410 g/mol. The number of nitrogens with one attached hydrogen (secondary N) is 1. The van der Waals surface area contributed by atoms with Gasteiger partial charge in [0, 0.05) is 29.9 Å². The Labute approximate surface area is 194 Å². The lowest BCUT2D eigenvalue weighted by molar-refractivity contribution is 0.241. The first-order valence-electron chi connectivity index (χ1n) is 11.7. The largest absolute Gasteiger partial charge is 0.489 e. The highest BCUT2D eigenvalue weighted by atomic mass is 16.5. The second-order valence-electron chi connectivity index (χ2n) is 9.25. The van der Waals surface area contributed by atoms with Crippen LogP contribution < -0.4 is 15.8 Å². The number of fused-ring (bicyclic) bond motifs is 1. The monoisotopic (exact) mass is 441 g/mol. The molecule has 0 bridgehead atoms. The lowest BCUT2D eigenvalue weighted by Gasteiger charge is -2.35. The molecule has 3 N–H and O–H groups in total. The second-order valence-corrected chi connectivity index (χ2v) is 9.25. The molecule has 0 radical (unpaired) electrons. The molecular formula is C27H31N5O. The Balaban J connectivity index is 1.41. The van der Waals surface area contributed by atoms with Crippen molar-refractivity contribution in [2.45, 2.75) is 45.3 Å². The Morgan fingerprint density at radius 1 is 1.12 bits per heavy atom. The number of ether oxygens (including phenoxy) is 1. The molecule has 170 valence electrons. The topological polar surface area (TPSA) is 77.5 Å². The zero-order chi connectivity index (χ0) is 22.8. The number of rotatable bonds is 8. The van der Waals surface area contributed by atoms with Gasteiger partial charge in [-0.15, -0.1) is 0 Å². The van der Waals surface area contributed by atoms with E-state index in [1.54, 1.807) is 6.20 Å². The van der Waals surface area contributed by atoms with Crippen molar-refractivity contribution in [3.8, 4) is 17.0 Å². The summed E-state index contributed by atoms with van der Waals surface area (Å²) in [5, 5.41) is 3.56. The van der Waals surface area contributed by atoms with E-state index in [2.05, 4.69) is 46.7 Å². The number of anilines is 1. The normalized spacial score (nSPS) is 17.9. The number of imidazole rings is 1. The summed E-state index contributed by atoms with van der Waals surface area (Å²) in [6, 6.07) is 18.8.